The Morgan fingerprint density at radius 1 is 1.02 bits per heavy atom. The van der Waals surface area contributed by atoms with E-state index in [9.17, 15) is 4.79 Å². The molecule has 6 nitrogen and oxygen atoms in total. The van der Waals surface area contributed by atoms with Gasteiger partial charge < -0.3 is 14.2 Å². The Labute approximate surface area is 243 Å². The Bertz CT molecular complexity index is 1720. The van der Waals surface area contributed by atoms with Crippen molar-refractivity contribution in [1.29, 1.82) is 0 Å². The molecule has 1 amide bonds. The average molecular weight is 570 g/mol. The molecule has 2 aromatic heterocycles. The first kappa shape index (κ1) is 27.4. The lowest BCUT2D eigenvalue weighted by molar-refractivity contribution is -0.115. The maximum atomic E-state index is 12.4. The van der Waals surface area contributed by atoms with E-state index in [1.807, 2.05) is 61.5 Å². The van der Waals surface area contributed by atoms with Crippen molar-refractivity contribution in [2.24, 2.45) is 0 Å². The summed E-state index contributed by atoms with van der Waals surface area (Å²) in [6.07, 6.45) is 4.01. The summed E-state index contributed by atoms with van der Waals surface area (Å²) < 4.78 is 11.8. The minimum Gasteiger partial charge on any atom is -0.457 e. The number of furan rings is 1. The van der Waals surface area contributed by atoms with Crippen LogP contribution in [-0.2, 0) is 4.79 Å². The fourth-order valence-electron chi connectivity index (χ4n) is 4.12. The number of thiocarbonyl (C=S) groups is 1. The molecule has 0 aliphatic rings. The summed E-state index contributed by atoms with van der Waals surface area (Å²) in [4.78, 5) is 17.1. The molecule has 3 aromatic carbocycles. The summed E-state index contributed by atoms with van der Waals surface area (Å²) in [6.45, 7) is 6.32. The normalized spacial score (nSPS) is 12.1. The van der Waals surface area contributed by atoms with Crippen LogP contribution in [-0.4, -0.2) is 16.0 Å². The van der Waals surface area contributed by atoms with E-state index in [1.54, 1.807) is 12.1 Å². The highest BCUT2D eigenvalue weighted by Gasteiger charge is 2.12. The van der Waals surface area contributed by atoms with Crippen LogP contribution in [0.1, 0.15) is 43.1 Å². The van der Waals surface area contributed by atoms with E-state index >= 15 is 0 Å². The first-order valence-electron chi connectivity index (χ1n) is 13.0. The second-order valence-corrected chi connectivity index (χ2v) is 10.4. The number of oxazole rings is 1. The lowest BCUT2D eigenvalue weighted by atomic mass is 9.98. The number of halogens is 1. The van der Waals surface area contributed by atoms with E-state index in [2.05, 4.69) is 41.6 Å². The SMILES string of the molecule is CCC(C)c1ccc2oc(-c3ccc(NC(=S)NC(=O)/C=C/c4ccc(-c5ccc(C)c(Cl)c5)o4)cc3)nc2c1. The molecule has 0 aliphatic heterocycles. The summed E-state index contributed by atoms with van der Waals surface area (Å²) in [5.74, 6) is 1.84. The van der Waals surface area contributed by atoms with Crippen molar-refractivity contribution in [1.82, 2.24) is 10.3 Å². The first-order valence-corrected chi connectivity index (χ1v) is 13.7. The van der Waals surface area contributed by atoms with E-state index in [0.29, 0.717) is 28.4 Å². The van der Waals surface area contributed by atoms with Gasteiger partial charge in [0.15, 0.2) is 10.7 Å². The standard InChI is InChI=1S/C32H28ClN3O3S/c1-4-19(2)22-9-14-29-27(18-22)35-31(39-29)21-7-10-24(11-8-21)34-32(40)36-30(37)16-13-25-12-15-28(38-25)23-6-5-20(3)26(33)17-23/h5-19H,4H2,1-3H3,(H2,34,36,37,40)/b16-13+. The summed E-state index contributed by atoms with van der Waals surface area (Å²) in [6, 6.07) is 23.0. The predicted octanol–water partition coefficient (Wildman–Crippen LogP) is 8.76. The fourth-order valence-corrected chi connectivity index (χ4v) is 4.52. The Morgan fingerprint density at radius 2 is 1.80 bits per heavy atom. The summed E-state index contributed by atoms with van der Waals surface area (Å²) in [5, 5.41) is 6.50. The Kier molecular flexibility index (Phi) is 8.14. The van der Waals surface area contributed by atoms with Crippen LogP contribution in [0.15, 0.2) is 87.7 Å². The maximum Gasteiger partial charge on any atom is 0.250 e. The second-order valence-electron chi connectivity index (χ2n) is 9.58. The highest BCUT2D eigenvalue weighted by atomic mass is 35.5. The van der Waals surface area contributed by atoms with Gasteiger partial charge in [-0.05, 0) is 103 Å². The van der Waals surface area contributed by atoms with Gasteiger partial charge >= 0.3 is 0 Å². The van der Waals surface area contributed by atoms with Crippen LogP contribution in [0.2, 0.25) is 5.02 Å². The topological polar surface area (TPSA) is 80.3 Å². The number of amides is 1. The number of aryl methyl sites for hydroxylation is 1. The third-order valence-corrected chi connectivity index (χ3v) is 7.31. The van der Waals surface area contributed by atoms with Gasteiger partial charge in [0.2, 0.25) is 11.8 Å². The second kappa shape index (κ2) is 11.9. The number of hydrogen-bond donors (Lipinski definition) is 2. The molecule has 5 rings (SSSR count). The molecule has 0 radical (unpaired) electrons. The van der Waals surface area contributed by atoms with Crippen LogP contribution in [0.3, 0.4) is 0 Å². The number of fused-ring (bicyclic) bond motifs is 1. The largest absolute Gasteiger partial charge is 0.457 e. The monoisotopic (exact) mass is 569 g/mol. The van der Waals surface area contributed by atoms with E-state index in [1.165, 1.54) is 11.6 Å². The van der Waals surface area contributed by atoms with Gasteiger partial charge in [0.1, 0.15) is 17.0 Å². The van der Waals surface area contributed by atoms with Crippen molar-refractivity contribution in [3.63, 3.8) is 0 Å². The van der Waals surface area contributed by atoms with E-state index in [0.717, 1.165) is 39.9 Å². The van der Waals surface area contributed by atoms with Gasteiger partial charge in [0, 0.05) is 27.9 Å². The molecular formula is C32H28ClN3O3S. The number of carbonyl (C=O) groups excluding carboxylic acids is 1. The average Bonchev–Trinajstić information content (AvgIpc) is 3.60. The van der Waals surface area contributed by atoms with Gasteiger partial charge in [-0.15, -0.1) is 0 Å². The van der Waals surface area contributed by atoms with Crippen molar-refractivity contribution >= 4 is 57.7 Å². The number of nitrogens with zero attached hydrogens (tertiary/aromatic N) is 1. The molecule has 0 saturated carbocycles. The number of hydrogen-bond acceptors (Lipinski definition) is 5. The lowest BCUT2D eigenvalue weighted by Gasteiger charge is -2.08. The van der Waals surface area contributed by atoms with E-state index in [4.69, 9.17) is 32.7 Å². The van der Waals surface area contributed by atoms with Crippen LogP contribution in [0.5, 0.6) is 0 Å². The Morgan fingerprint density at radius 3 is 2.55 bits per heavy atom. The van der Waals surface area contributed by atoms with Gasteiger partial charge in [-0.25, -0.2) is 4.98 Å². The van der Waals surface area contributed by atoms with Gasteiger partial charge in [0.05, 0.1) is 0 Å². The van der Waals surface area contributed by atoms with E-state index in [-0.39, 0.29) is 11.0 Å². The number of nitrogens with one attached hydrogen (secondary N) is 2. The molecule has 0 spiro atoms. The molecule has 0 bridgehead atoms. The summed E-state index contributed by atoms with van der Waals surface area (Å²) in [5.41, 5.74) is 6.28. The maximum absolute atomic E-state index is 12.4. The minimum atomic E-state index is -0.381. The van der Waals surface area contributed by atoms with Crippen LogP contribution in [0.25, 0.3) is 40.0 Å². The van der Waals surface area contributed by atoms with Gasteiger partial charge in [0.25, 0.3) is 0 Å². The lowest BCUT2D eigenvalue weighted by Crippen LogP contribution is -2.32. The number of aromatic nitrogens is 1. The highest BCUT2D eigenvalue weighted by Crippen LogP contribution is 2.29. The van der Waals surface area contributed by atoms with Crippen molar-refractivity contribution in [2.75, 3.05) is 5.32 Å². The summed E-state index contributed by atoms with van der Waals surface area (Å²) >= 11 is 11.5. The van der Waals surface area contributed by atoms with Crippen LogP contribution in [0.4, 0.5) is 5.69 Å². The molecule has 40 heavy (non-hydrogen) atoms. The third-order valence-electron chi connectivity index (χ3n) is 6.70. The summed E-state index contributed by atoms with van der Waals surface area (Å²) in [7, 11) is 0. The quantitative estimate of drug-likeness (QED) is 0.151. The number of rotatable bonds is 7. The molecular weight excluding hydrogens is 542 g/mol. The molecule has 2 N–H and O–H groups in total. The van der Waals surface area contributed by atoms with Crippen LogP contribution < -0.4 is 10.6 Å². The van der Waals surface area contributed by atoms with Crippen molar-refractivity contribution in [3.8, 4) is 22.8 Å². The van der Waals surface area contributed by atoms with Gasteiger partial charge in [-0.3, -0.25) is 10.1 Å². The smallest absolute Gasteiger partial charge is 0.250 e. The third kappa shape index (κ3) is 6.33. The zero-order chi connectivity index (χ0) is 28.2. The fraction of sp³-hybridized carbons (Fsp3) is 0.156. The molecule has 0 saturated heterocycles. The molecule has 0 aliphatic carbocycles. The van der Waals surface area contributed by atoms with Crippen molar-refractivity contribution in [3.05, 3.63) is 101 Å². The zero-order valence-corrected chi connectivity index (χ0v) is 23.9. The first-order chi connectivity index (χ1) is 19.3. The van der Waals surface area contributed by atoms with Crippen molar-refractivity contribution < 1.29 is 13.6 Å². The van der Waals surface area contributed by atoms with E-state index < -0.39 is 0 Å². The van der Waals surface area contributed by atoms with Gasteiger partial charge in [-0.2, -0.15) is 0 Å². The van der Waals surface area contributed by atoms with Gasteiger partial charge in [-0.1, -0.05) is 43.6 Å². The molecule has 2 heterocycles. The predicted molar refractivity (Wildman–Crippen MR) is 165 cm³/mol. The zero-order valence-electron chi connectivity index (χ0n) is 22.3. The number of benzene rings is 3. The van der Waals surface area contributed by atoms with Crippen molar-refractivity contribution in [2.45, 2.75) is 33.1 Å². The highest BCUT2D eigenvalue weighted by molar-refractivity contribution is 7.80. The molecule has 202 valence electrons. The molecule has 0 fully saturated rings. The van der Waals surface area contributed by atoms with Crippen LogP contribution in [0, 0.1) is 6.92 Å². The molecule has 8 heteroatoms. The minimum absolute atomic E-state index is 0.177. The Balaban J connectivity index is 1.17. The number of carbonyl (C=O) groups is 1. The Hall–Kier alpha value is -4.20. The number of anilines is 1. The molecule has 1 atom stereocenters. The molecule has 1 unspecified atom stereocenters. The van der Waals surface area contributed by atoms with Crippen LogP contribution >= 0.6 is 23.8 Å². The molecule has 5 aromatic rings.